The summed E-state index contributed by atoms with van der Waals surface area (Å²) in [5, 5.41) is 4.16. The normalized spacial score (nSPS) is 17.5. The van der Waals surface area contributed by atoms with E-state index in [1.807, 2.05) is 37.3 Å². The molecule has 0 radical (unpaired) electrons. The van der Waals surface area contributed by atoms with E-state index in [1.54, 1.807) is 0 Å². The molecule has 1 saturated heterocycles. The van der Waals surface area contributed by atoms with Gasteiger partial charge in [-0.25, -0.2) is 0 Å². The minimum absolute atomic E-state index is 0. The molecule has 1 aliphatic heterocycles. The van der Waals surface area contributed by atoms with Crippen LogP contribution in [-0.4, -0.2) is 19.3 Å². The number of benzene rings is 1. The summed E-state index contributed by atoms with van der Waals surface area (Å²) in [6, 6.07) is 9.89. The van der Waals surface area contributed by atoms with Gasteiger partial charge in [-0.05, 0) is 43.5 Å². The Balaban J connectivity index is 0.00000176. The van der Waals surface area contributed by atoms with E-state index in [9.17, 15) is 0 Å². The molecule has 1 unspecified atom stereocenters. The fourth-order valence-electron chi connectivity index (χ4n) is 2.65. The van der Waals surface area contributed by atoms with Crippen molar-refractivity contribution in [3.63, 3.8) is 0 Å². The molecular weight excluding hydrogens is 321 g/mol. The second-order valence-electron chi connectivity index (χ2n) is 5.44. The summed E-state index contributed by atoms with van der Waals surface area (Å²) in [4.78, 5) is 0. The Bertz CT molecular complexity index is 606. The van der Waals surface area contributed by atoms with E-state index in [2.05, 4.69) is 5.32 Å². The van der Waals surface area contributed by atoms with Gasteiger partial charge in [-0.3, -0.25) is 0 Å². The van der Waals surface area contributed by atoms with Crippen molar-refractivity contribution < 1.29 is 21.6 Å². The number of nitrogens with one attached hydrogen (secondary N) is 1. The van der Waals surface area contributed by atoms with E-state index >= 15 is 0 Å². The zero-order chi connectivity index (χ0) is 14.7. The maximum atomic E-state index is 6.16. The van der Waals surface area contributed by atoms with Gasteiger partial charge in [-0.2, -0.15) is 0 Å². The smallest absolute Gasteiger partial charge is 0.134 e. The van der Waals surface area contributed by atoms with E-state index in [4.69, 9.17) is 20.8 Å². The molecule has 1 aliphatic rings. The third-order valence-electron chi connectivity index (χ3n) is 3.89. The number of halogens is 2. The van der Waals surface area contributed by atoms with E-state index in [0.717, 1.165) is 53.8 Å². The van der Waals surface area contributed by atoms with Crippen LogP contribution in [0.1, 0.15) is 24.2 Å². The molecule has 0 amide bonds. The first kappa shape index (κ1) is 17.4. The molecule has 120 valence electrons. The molecule has 22 heavy (non-hydrogen) atoms. The van der Waals surface area contributed by atoms with Crippen LogP contribution in [0.4, 0.5) is 0 Å². The number of hydrogen-bond donors (Lipinski definition) is 1. The molecule has 3 nitrogen and oxygen atoms in total. The van der Waals surface area contributed by atoms with Crippen LogP contribution in [-0.2, 0) is 11.3 Å². The molecule has 1 N–H and O–H groups in total. The Morgan fingerprint density at radius 3 is 2.91 bits per heavy atom. The Kier molecular flexibility index (Phi) is 6.33. The second-order valence-corrected chi connectivity index (χ2v) is 5.85. The Morgan fingerprint density at radius 1 is 1.27 bits per heavy atom. The van der Waals surface area contributed by atoms with Gasteiger partial charge in [0.15, 0.2) is 0 Å². The van der Waals surface area contributed by atoms with Gasteiger partial charge in [0.2, 0.25) is 0 Å². The predicted octanol–water partition coefficient (Wildman–Crippen LogP) is 1.18. The average Bonchev–Trinajstić information content (AvgIpc) is 3.14. The van der Waals surface area contributed by atoms with Gasteiger partial charge in [0.05, 0.1) is 12.6 Å². The number of rotatable bonds is 5. The first-order chi connectivity index (χ1) is 10.2. The van der Waals surface area contributed by atoms with Crippen molar-refractivity contribution >= 4 is 11.6 Å². The van der Waals surface area contributed by atoms with Crippen molar-refractivity contribution in [2.75, 3.05) is 13.2 Å². The molecule has 1 atom stereocenters. The maximum absolute atomic E-state index is 6.16. The molecule has 0 spiro atoms. The van der Waals surface area contributed by atoms with E-state index in [1.165, 1.54) is 6.42 Å². The summed E-state index contributed by atoms with van der Waals surface area (Å²) in [6.07, 6.45) is 2.68. The Morgan fingerprint density at radius 2 is 2.14 bits per heavy atom. The number of ether oxygens (including phenoxy) is 1. The van der Waals surface area contributed by atoms with Gasteiger partial charge in [0, 0.05) is 23.7 Å². The molecule has 3 rings (SSSR count). The van der Waals surface area contributed by atoms with Crippen LogP contribution < -0.4 is 17.7 Å². The van der Waals surface area contributed by atoms with Crippen LogP contribution in [0.3, 0.4) is 0 Å². The first-order valence-corrected chi connectivity index (χ1v) is 7.78. The van der Waals surface area contributed by atoms with Crippen LogP contribution in [0.5, 0.6) is 0 Å². The molecule has 0 bridgehead atoms. The predicted molar refractivity (Wildman–Crippen MR) is 84.6 cm³/mol. The minimum atomic E-state index is 0. The lowest BCUT2D eigenvalue weighted by atomic mass is 10.1. The second kappa shape index (κ2) is 8.02. The molecule has 5 heteroatoms. The van der Waals surface area contributed by atoms with Crippen LogP contribution in [0.15, 0.2) is 34.7 Å². The van der Waals surface area contributed by atoms with Gasteiger partial charge in [0.25, 0.3) is 0 Å². The van der Waals surface area contributed by atoms with Crippen LogP contribution in [0.25, 0.3) is 11.3 Å². The number of hydrogen-bond acceptors (Lipinski definition) is 3. The molecule has 1 fully saturated rings. The maximum Gasteiger partial charge on any atom is 0.134 e. The molecule has 0 saturated carbocycles. The fraction of sp³-hybridized carbons (Fsp3) is 0.412. The Labute approximate surface area is 142 Å². The molecule has 0 aliphatic carbocycles. The highest BCUT2D eigenvalue weighted by Crippen LogP contribution is 2.29. The van der Waals surface area contributed by atoms with Crippen molar-refractivity contribution in [3.8, 4) is 11.3 Å². The van der Waals surface area contributed by atoms with Crippen molar-refractivity contribution in [2.24, 2.45) is 0 Å². The third kappa shape index (κ3) is 4.05. The van der Waals surface area contributed by atoms with Crippen LogP contribution in [0, 0.1) is 6.92 Å². The van der Waals surface area contributed by atoms with Gasteiger partial charge in [0.1, 0.15) is 11.5 Å². The highest BCUT2D eigenvalue weighted by Gasteiger charge is 2.15. The molecular formula is C17H20Cl2NO2-. The molecule has 2 aromatic rings. The summed E-state index contributed by atoms with van der Waals surface area (Å²) < 4.78 is 11.5. The Hall–Kier alpha value is -1.00. The quantitative estimate of drug-likeness (QED) is 0.887. The van der Waals surface area contributed by atoms with E-state index in [-0.39, 0.29) is 12.4 Å². The van der Waals surface area contributed by atoms with Crippen LogP contribution in [0.2, 0.25) is 5.02 Å². The molecule has 1 aromatic heterocycles. The fourth-order valence-corrected chi connectivity index (χ4v) is 2.83. The largest absolute Gasteiger partial charge is 1.00 e. The average molecular weight is 341 g/mol. The standard InChI is InChI=1S/C17H20ClNO2.ClH/c1-12-15(5-2-6-16(12)18)17-8-7-14(21-17)11-19-10-13-4-3-9-20-13;/h2,5-8,13,19H,3-4,9-11H2,1H3;1H/p-1. The molecule has 2 heterocycles. The molecule has 1 aromatic carbocycles. The summed E-state index contributed by atoms with van der Waals surface area (Å²) in [5.41, 5.74) is 2.10. The van der Waals surface area contributed by atoms with E-state index in [0.29, 0.717) is 6.10 Å². The summed E-state index contributed by atoms with van der Waals surface area (Å²) in [6.45, 7) is 4.51. The van der Waals surface area contributed by atoms with Crippen LogP contribution >= 0.6 is 11.6 Å². The highest BCUT2D eigenvalue weighted by molar-refractivity contribution is 6.31. The van der Waals surface area contributed by atoms with Crippen molar-refractivity contribution in [1.29, 1.82) is 0 Å². The van der Waals surface area contributed by atoms with Gasteiger partial charge in [-0.1, -0.05) is 23.7 Å². The van der Waals surface area contributed by atoms with Crippen molar-refractivity contribution in [3.05, 3.63) is 46.7 Å². The minimum Gasteiger partial charge on any atom is -1.00 e. The SMILES string of the molecule is Cc1c(Cl)cccc1-c1ccc(CNCC2CCCO2)o1.[Cl-]. The lowest BCUT2D eigenvalue weighted by Crippen LogP contribution is -3.00. The zero-order valence-corrected chi connectivity index (χ0v) is 14.1. The van der Waals surface area contributed by atoms with Gasteiger partial charge < -0.3 is 26.9 Å². The summed E-state index contributed by atoms with van der Waals surface area (Å²) in [5.74, 6) is 1.80. The summed E-state index contributed by atoms with van der Waals surface area (Å²) >= 11 is 6.16. The topological polar surface area (TPSA) is 34.4 Å². The van der Waals surface area contributed by atoms with Crippen molar-refractivity contribution in [1.82, 2.24) is 5.32 Å². The number of furan rings is 1. The van der Waals surface area contributed by atoms with Crippen molar-refractivity contribution in [2.45, 2.75) is 32.4 Å². The lowest BCUT2D eigenvalue weighted by Gasteiger charge is -2.09. The summed E-state index contributed by atoms with van der Waals surface area (Å²) in [7, 11) is 0. The lowest BCUT2D eigenvalue weighted by molar-refractivity contribution is -0.00000618. The monoisotopic (exact) mass is 340 g/mol. The van der Waals surface area contributed by atoms with E-state index < -0.39 is 0 Å². The zero-order valence-electron chi connectivity index (χ0n) is 12.6. The van der Waals surface area contributed by atoms with Gasteiger partial charge >= 0.3 is 0 Å². The van der Waals surface area contributed by atoms with Gasteiger partial charge in [-0.15, -0.1) is 0 Å². The first-order valence-electron chi connectivity index (χ1n) is 7.40. The third-order valence-corrected chi connectivity index (χ3v) is 4.30. The highest BCUT2D eigenvalue weighted by atomic mass is 35.5.